The van der Waals surface area contributed by atoms with Crippen LogP contribution in [0.15, 0.2) is 5.51 Å². The number of halogens is 1. The predicted molar refractivity (Wildman–Crippen MR) is 70.1 cm³/mol. The minimum atomic E-state index is -4.51. The number of nitrogens with zero attached hydrogens (tertiary/aromatic N) is 2. The Morgan fingerprint density at radius 1 is 1.58 bits per heavy atom. The van der Waals surface area contributed by atoms with E-state index in [9.17, 15) is 17.1 Å². The highest BCUT2D eigenvalue weighted by Crippen LogP contribution is 2.21. The van der Waals surface area contributed by atoms with Crippen LogP contribution in [0.3, 0.4) is 0 Å². The van der Waals surface area contributed by atoms with Crippen molar-refractivity contribution in [2.24, 2.45) is 5.92 Å². The average molecular weight is 306 g/mol. The van der Waals surface area contributed by atoms with Gasteiger partial charge in [0.2, 0.25) is 5.91 Å². The highest BCUT2D eigenvalue weighted by molar-refractivity contribution is 7.86. The number of aryl methyl sites for hydroxylation is 1. The van der Waals surface area contributed by atoms with Crippen LogP contribution in [0.5, 0.6) is 0 Å². The van der Waals surface area contributed by atoms with Crippen LogP contribution in [-0.2, 0) is 21.4 Å². The number of aromatic nitrogens is 1. The molecule has 1 atom stereocenters. The molecule has 1 aliphatic heterocycles. The largest absolute Gasteiger partial charge is 0.342 e. The van der Waals surface area contributed by atoms with Gasteiger partial charge in [-0.2, -0.15) is 8.42 Å². The van der Waals surface area contributed by atoms with E-state index in [2.05, 4.69) is 4.98 Å². The molecule has 0 N–H and O–H groups in total. The molecule has 2 rings (SSSR count). The fourth-order valence-electron chi connectivity index (χ4n) is 2.27. The van der Waals surface area contributed by atoms with Gasteiger partial charge in [0.1, 0.15) is 0 Å². The molecule has 1 aromatic rings. The molecular formula is C11H15FN2O3S2. The van der Waals surface area contributed by atoms with Gasteiger partial charge in [0.05, 0.1) is 17.0 Å². The highest BCUT2D eigenvalue weighted by atomic mass is 32.3. The van der Waals surface area contributed by atoms with Crippen LogP contribution in [0.25, 0.3) is 0 Å². The summed E-state index contributed by atoms with van der Waals surface area (Å²) in [7, 11) is -4.51. The highest BCUT2D eigenvalue weighted by Gasteiger charge is 2.32. The molecule has 5 nitrogen and oxygen atoms in total. The standard InChI is InChI=1S/C11H15FN2O3S2/c1-8-10(18-7-13-8)2-3-14-5-9(4-11(14)15)6-19(12,16)17/h7,9H,2-6H2,1H3. The van der Waals surface area contributed by atoms with Crippen molar-refractivity contribution in [2.75, 3.05) is 18.8 Å². The van der Waals surface area contributed by atoms with E-state index in [0.29, 0.717) is 19.5 Å². The fourth-order valence-corrected chi connectivity index (χ4v) is 3.82. The van der Waals surface area contributed by atoms with Crippen molar-refractivity contribution < 1.29 is 17.1 Å². The van der Waals surface area contributed by atoms with Crippen molar-refractivity contribution in [2.45, 2.75) is 19.8 Å². The molecule has 1 aromatic heterocycles. The summed E-state index contributed by atoms with van der Waals surface area (Å²) in [5.41, 5.74) is 2.72. The quantitative estimate of drug-likeness (QED) is 0.765. The molecule has 0 saturated carbocycles. The van der Waals surface area contributed by atoms with Crippen molar-refractivity contribution in [3.8, 4) is 0 Å². The first-order valence-electron chi connectivity index (χ1n) is 5.94. The summed E-state index contributed by atoms with van der Waals surface area (Å²) in [6.45, 7) is 2.76. The maximum absolute atomic E-state index is 12.6. The first-order valence-corrected chi connectivity index (χ1v) is 8.37. The maximum atomic E-state index is 12.6. The van der Waals surface area contributed by atoms with Crippen LogP contribution in [0.2, 0.25) is 0 Å². The van der Waals surface area contributed by atoms with Crippen molar-refractivity contribution in [3.05, 3.63) is 16.1 Å². The van der Waals surface area contributed by atoms with Gasteiger partial charge in [-0.3, -0.25) is 4.79 Å². The molecule has 1 aliphatic rings. The third-order valence-electron chi connectivity index (χ3n) is 3.18. The number of hydrogen-bond acceptors (Lipinski definition) is 5. The van der Waals surface area contributed by atoms with Crippen molar-refractivity contribution in [1.29, 1.82) is 0 Å². The van der Waals surface area contributed by atoms with E-state index in [1.54, 1.807) is 10.4 Å². The predicted octanol–water partition coefficient (Wildman–Crippen LogP) is 1.14. The van der Waals surface area contributed by atoms with E-state index >= 15 is 0 Å². The molecule has 0 bridgehead atoms. The molecule has 0 spiro atoms. The summed E-state index contributed by atoms with van der Waals surface area (Å²) in [5, 5.41) is 0. The fraction of sp³-hybridized carbons (Fsp3) is 0.636. The molecular weight excluding hydrogens is 291 g/mol. The monoisotopic (exact) mass is 306 g/mol. The lowest BCUT2D eigenvalue weighted by molar-refractivity contribution is -0.127. The first-order chi connectivity index (χ1) is 8.85. The maximum Gasteiger partial charge on any atom is 0.302 e. The number of amides is 1. The van der Waals surface area contributed by atoms with Gasteiger partial charge in [-0.05, 0) is 6.92 Å². The second-order valence-electron chi connectivity index (χ2n) is 4.73. The summed E-state index contributed by atoms with van der Waals surface area (Å²) in [6.07, 6.45) is 0.822. The van der Waals surface area contributed by atoms with Crippen LogP contribution in [0, 0.1) is 12.8 Å². The van der Waals surface area contributed by atoms with Gasteiger partial charge in [0, 0.05) is 36.7 Å². The average Bonchev–Trinajstić information content (AvgIpc) is 2.80. The summed E-state index contributed by atoms with van der Waals surface area (Å²) < 4.78 is 33.8. The van der Waals surface area contributed by atoms with Gasteiger partial charge in [0.25, 0.3) is 0 Å². The minimum absolute atomic E-state index is 0.101. The van der Waals surface area contributed by atoms with Gasteiger partial charge < -0.3 is 4.90 Å². The molecule has 0 aliphatic carbocycles. The minimum Gasteiger partial charge on any atom is -0.342 e. The Labute approximate surface area is 115 Å². The molecule has 1 saturated heterocycles. The van der Waals surface area contributed by atoms with E-state index in [4.69, 9.17) is 0 Å². The number of likely N-dealkylation sites (tertiary alicyclic amines) is 1. The molecule has 1 fully saturated rings. The number of carbonyl (C=O) groups is 1. The second-order valence-corrected chi connectivity index (χ2v) is 7.08. The number of carbonyl (C=O) groups excluding carboxylic acids is 1. The van der Waals surface area contributed by atoms with Crippen LogP contribution < -0.4 is 0 Å². The molecule has 2 heterocycles. The van der Waals surface area contributed by atoms with Crippen molar-refractivity contribution in [1.82, 2.24) is 9.88 Å². The lowest BCUT2D eigenvalue weighted by Crippen LogP contribution is -2.28. The van der Waals surface area contributed by atoms with Gasteiger partial charge in [-0.15, -0.1) is 15.2 Å². The van der Waals surface area contributed by atoms with Crippen LogP contribution in [0.1, 0.15) is 17.0 Å². The van der Waals surface area contributed by atoms with Gasteiger partial charge >= 0.3 is 10.2 Å². The van der Waals surface area contributed by atoms with Crippen LogP contribution in [0.4, 0.5) is 3.89 Å². The van der Waals surface area contributed by atoms with Gasteiger partial charge in [0.15, 0.2) is 0 Å². The summed E-state index contributed by atoms with van der Waals surface area (Å²) in [5.74, 6) is -1.09. The molecule has 19 heavy (non-hydrogen) atoms. The lowest BCUT2D eigenvalue weighted by Gasteiger charge is -2.15. The summed E-state index contributed by atoms with van der Waals surface area (Å²) >= 11 is 1.54. The third-order valence-corrected chi connectivity index (χ3v) is 5.05. The zero-order valence-corrected chi connectivity index (χ0v) is 12.1. The van der Waals surface area contributed by atoms with E-state index in [-0.39, 0.29) is 12.3 Å². The molecule has 1 unspecified atom stereocenters. The van der Waals surface area contributed by atoms with Crippen LogP contribution >= 0.6 is 11.3 Å². The molecule has 1 amide bonds. The summed E-state index contributed by atoms with van der Waals surface area (Å²) in [6, 6.07) is 0. The Balaban J connectivity index is 1.89. The van der Waals surface area contributed by atoms with Crippen molar-refractivity contribution >= 4 is 27.5 Å². The lowest BCUT2D eigenvalue weighted by atomic mass is 10.1. The molecule has 0 radical (unpaired) electrons. The van der Waals surface area contributed by atoms with E-state index in [0.717, 1.165) is 10.6 Å². The Morgan fingerprint density at radius 3 is 2.89 bits per heavy atom. The van der Waals surface area contributed by atoms with Gasteiger partial charge in [-0.25, -0.2) is 4.98 Å². The number of thiazole rings is 1. The normalized spacial score (nSPS) is 20.2. The smallest absolute Gasteiger partial charge is 0.302 e. The topological polar surface area (TPSA) is 67.3 Å². The number of hydrogen-bond donors (Lipinski definition) is 0. The van der Waals surface area contributed by atoms with E-state index in [1.807, 2.05) is 6.92 Å². The summed E-state index contributed by atoms with van der Waals surface area (Å²) in [4.78, 5) is 18.6. The third kappa shape index (κ3) is 3.97. The van der Waals surface area contributed by atoms with Crippen LogP contribution in [-0.4, -0.2) is 43.1 Å². The first kappa shape index (κ1) is 14.4. The molecule has 0 aromatic carbocycles. The zero-order chi connectivity index (χ0) is 14.0. The Hall–Kier alpha value is -1.02. The van der Waals surface area contributed by atoms with E-state index in [1.165, 1.54) is 11.3 Å². The van der Waals surface area contributed by atoms with Crippen molar-refractivity contribution in [3.63, 3.8) is 0 Å². The Bertz CT molecular complexity index is 570. The van der Waals surface area contributed by atoms with E-state index < -0.39 is 21.9 Å². The Morgan fingerprint density at radius 2 is 2.32 bits per heavy atom. The number of rotatable bonds is 5. The SMILES string of the molecule is Cc1ncsc1CCN1CC(CS(=O)(=O)F)CC1=O. The second kappa shape index (κ2) is 5.54. The zero-order valence-electron chi connectivity index (χ0n) is 10.5. The molecule has 106 valence electrons. The van der Waals surface area contributed by atoms with Gasteiger partial charge in [-0.1, -0.05) is 0 Å². The molecule has 8 heteroatoms. The Kier molecular flexibility index (Phi) is 4.19.